The van der Waals surface area contributed by atoms with Gasteiger partial charge in [-0.25, -0.2) is 4.79 Å². The molecule has 1 heterocycles. The standard InChI is InChI=1S/C14H18N4O2/c1-18-11(6-8-17-18)5-7-16-13-4-3-10(15)9-12(13)14(19)20-2/h3-4,6,8-9,16H,5,7,15H2,1-2H3. The SMILES string of the molecule is COC(=O)c1cc(N)ccc1NCCc1ccnn1C. The quantitative estimate of drug-likeness (QED) is 0.637. The highest BCUT2D eigenvalue weighted by Gasteiger charge is 2.12. The van der Waals surface area contributed by atoms with Crippen LogP contribution in [-0.2, 0) is 18.2 Å². The molecule has 0 saturated carbocycles. The van der Waals surface area contributed by atoms with Gasteiger partial charge in [-0.3, -0.25) is 4.68 Å². The largest absolute Gasteiger partial charge is 0.465 e. The molecule has 0 unspecified atom stereocenters. The van der Waals surface area contributed by atoms with E-state index in [2.05, 4.69) is 10.4 Å². The van der Waals surface area contributed by atoms with Crippen LogP contribution >= 0.6 is 0 Å². The van der Waals surface area contributed by atoms with Gasteiger partial charge in [-0.05, 0) is 24.3 Å². The number of benzene rings is 1. The molecule has 106 valence electrons. The zero-order valence-electron chi connectivity index (χ0n) is 11.6. The van der Waals surface area contributed by atoms with Crippen LogP contribution in [0.15, 0.2) is 30.5 Å². The first-order valence-electron chi connectivity index (χ1n) is 6.30. The van der Waals surface area contributed by atoms with Crippen molar-refractivity contribution in [2.45, 2.75) is 6.42 Å². The molecule has 0 amide bonds. The topological polar surface area (TPSA) is 82.2 Å². The number of nitrogens with one attached hydrogen (secondary N) is 1. The zero-order valence-corrected chi connectivity index (χ0v) is 11.6. The van der Waals surface area contributed by atoms with Gasteiger partial charge in [-0.1, -0.05) is 0 Å². The first-order chi connectivity index (χ1) is 9.61. The summed E-state index contributed by atoms with van der Waals surface area (Å²) in [6, 6.07) is 7.10. The molecule has 6 nitrogen and oxygen atoms in total. The number of aryl methyl sites for hydroxylation is 1. The number of carbonyl (C=O) groups excluding carboxylic acids is 1. The molecule has 0 aliphatic heterocycles. The summed E-state index contributed by atoms with van der Waals surface area (Å²) < 4.78 is 6.58. The number of hydrogen-bond acceptors (Lipinski definition) is 5. The molecule has 0 spiro atoms. The Morgan fingerprint density at radius 1 is 1.45 bits per heavy atom. The van der Waals surface area contributed by atoms with E-state index in [0.29, 0.717) is 23.5 Å². The van der Waals surface area contributed by atoms with E-state index in [1.165, 1.54) is 7.11 Å². The fraction of sp³-hybridized carbons (Fsp3) is 0.286. The van der Waals surface area contributed by atoms with E-state index in [0.717, 1.165) is 12.1 Å². The van der Waals surface area contributed by atoms with Gasteiger partial charge in [0.05, 0.1) is 12.7 Å². The maximum Gasteiger partial charge on any atom is 0.340 e. The predicted octanol–water partition coefficient (Wildman–Crippen LogP) is 1.44. The number of nitrogens with zero attached hydrogens (tertiary/aromatic N) is 2. The molecular weight excluding hydrogens is 256 g/mol. The lowest BCUT2D eigenvalue weighted by atomic mass is 10.1. The Bertz CT molecular complexity index is 607. The molecule has 0 radical (unpaired) electrons. The fourth-order valence-electron chi connectivity index (χ4n) is 1.97. The average molecular weight is 274 g/mol. The minimum atomic E-state index is -0.402. The molecule has 1 aromatic heterocycles. The number of carbonyl (C=O) groups is 1. The molecule has 2 rings (SSSR count). The highest BCUT2D eigenvalue weighted by atomic mass is 16.5. The lowest BCUT2D eigenvalue weighted by Gasteiger charge is -2.11. The third-order valence-corrected chi connectivity index (χ3v) is 3.07. The summed E-state index contributed by atoms with van der Waals surface area (Å²) in [5, 5.41) is 7.33. The smallest absolute Gasteiger partial charge is 0.340 e. The van der Waals surface area contributed by atoms with Crippen molar-refractivity contribution in [1.82, 2.24) is 9.78 Å². The monoisotopic (exact) mass is 274 g/mol. The van der Waals surface area contributed by atoms with Crippen molar-refractivity contribution in [3.63, 3.8) is 0 Å². The second-order valence-corrected chi connectivity index (χ2v) is 4.42. The van der Waals surface area contributed by atoms with Gasteiger partial charge in [-0.2, -0.15) is 5.10 Å². The summed E-state index contributed by atoms with van der Waals surface area (Å²) in [6.07, 6.45) is 2.57. The Balaban J connectivity index is 2.05. The second kappa shape index (κ2) is 6.10. The molecule has 1 aromatic carbocycles. The number of anilines is 2. The molecule has 2 aromatic rings. The maximum atomic E-state index is 11.7. The fourth-order valence-corrected chi connectivity index (χ4v) is 1.97. The van der Waals surface area contributed by atoms with Crippen LogP contribution in [0.3, 0.4) is 0 Å². The normalized spacial score (nSPS) is 10.3. The number of nitrogen functional groups attached to an aromatic ring is 1. The van der Waals surface area contributed by atoms with Gasteiger partial charge in [-0.15, -0.1) is 0 Å². The molecule has 0 aliphatic rings. The summed E-state index contributed by atoms with van der Waals surface area (Å²) in [4.78, 5) is 11.7. The van der Waals surface area contributed by atoms with Crippen molar-refractivity contribution in [2.75, 3.05) is 24.7 Å². The first kappa shape index (κ1) is 13.9. The van der Waals surface area contributed by atoms with Crippen LogP contribution in [-0.4, -0.2) is 29.4 Å². The third-order valence-electron chi connectivity index (χ3n) is 3.07. The van der Waals surface area contributed by atoms with Crippen molar-refractivity contribution < 1.29 is 9.53 Å². The van der Waals surface area contributed by atoms with Crippen LogP contribution in [0.2, 0.25) is 0 Å². The average Bonchev–Trinajstić information content (AvgIpc) is 2.85. The highest BCUT2D eigenvalue weighted by Crippen LogP contribution is 2.19. The van der Waals surface area contributed by atoms with E-state index < -0.39 is 5.97 Å². The summed E-state index contributed by atoms with van der Waals surface area (Å²) in [7, 11) is 3.25. The number of rotatable bonds is 5. The van der Waals surface area contributed by atoms with Gasteiger partial charge in [0.1, 0.15) is 0 Å². The molecule has 0 bridgehead atoms. The van der Waals surface area contributed by atoms with Crippen LogP contribution in [0, 0.1) is 0 Å². The van der Waals surface area contributed by atoms with E-state index in [9.17, 15) is 4.79 Å². The Morgan fingerprint density at radius 2 is 2.25 bits per heavy atom. The van der Waals surface area contributed by atoms with Gasteiger partial charge in [0, 0.05) is 43.3 Å². The molecular formula is C14H18N4O2. The van der Waals surface area contributed by atoms with Crippen LogP contribution in [0.25, 0.3) is 0 Å². The van der Waals surface area contributed by atoms with Crippen LogP contribution in [0.1, 0.15) is 16.1 Å². The van der Waals surface area contributed by atoms with Crippen molar-refractivity contribution in [1.29, 1.82) is 0 Å². The van der Waals surface area contributed by atoms with Crippen molar-refractivity contribution in [3.05, 3.63) is 41.7 Å². The van der Waals surface area contributed by atoms with Gasteiger partial charge in [0.25, 0.3) is 0 Å². The number of methoxy groups -OCH3 is 1. The van der Waals surface area contributed by atoms with E-state index in [1.54, 1.807) is 24.4 Å². The summed E-state index contributed by atoms with van der Waals surface area (Å²) in [5.41, 5.74) is 8.50. The Labute approximate surface area is 117 Å². The number of hydrogen-bond donors (Lipinski definition) is 2. The first-order valence-corrected chi connectivity index (χ1v) is 6.30. The molecule has 0 saturated heterocycles. The zero-order chi connectivity index (χ0) is 14.5. The van der Waals surface area contributed by atoms with E-state index in [1.807, 2.05) is 17.8 Å². The van der Waals surface area contributed by atoms with Crippen LogP contribution in [0.4, 0.5) is 11.4 Å². The maximum absolute atomic E-state index is 11.7. The van der Waals surface area contributed by atoms with Crippen LogP contribution in [0.5, 0.6) is 0 Å². The van der Waals surface area contributed by atoms with Gasteiger partial charge in [0.2, 0.25) is 0 Å². The predicted molar refractivity (Wildman–Crippen MR) is 77.6 cm³/mol. The summed E-state index contributed by atoms with van der Waals surface area (Å²) in [5.74, 6) is -0.402. The molecule has 3 N–H and O–H groups in total. The molecule has 20 heavy (non-hydrogen) atoms. The highest BCUT2D eigenvalue weighted by molar-refractivity contribution is 5.96. The van der Waals surface area contributed by atoms with E-state index in [-0.39, 0.29) is 0 Å². The number of nitrogens with two attached hydrogens (primary N) is 1. The molecule has 0 fully saturated rings. The Kier molecular flexibility index (Phi) is 4.24. The lowest BCUT2D eigenvalue weighted by Crippen LogP contribution is -2.12. The van der Waals surface area contributed by atoms with Gasteiger partial charge < -0.3 is 15.8 Å². The number of ether oxygens (including phenoxy) is 1. The second-order valence-electron chi connectivity index (χ2n) is 4.42. The van der Waals surface area contributed by atoms with Gasteiger partial charge in [0.15, 0.2) is 0 Å². The van der Waals surface area contributed by atoms with E-state index >= 15 is 0 Å². The third kappa shape index (κ3) is 3.09. The van der Waals surface area contributed by atoms with E-state index in [4.69, 9.17) is 10.5 Å². The van der Waals surface area contributed by atoms with Crippen molar-refractivity contribution in [3.8, 4) is 0 Å². The summed E-state index contributed by atoms with van der Waals surface area (Å²) in [6.45, 7) is 0.688. The van der Waals surface area contributed by atoms with Gasteiger partial charge >= 0.3 is 5.97 Å². The Morgan fingerprint density at radius 3 is 2.90 bits per heavy atom. The Hall–Kier alpha value is -2.50. The van der Waals surface area contributed by atoms with Crippen LogP contribution < -0.4 is 11.1 Å². The molecule has 0 aliphatic carbocycles. The lowest BCUT2D eigenvalue weighted by molar-refractivity contribution is 0.0602. The minimum Gasteiger partial charge on any atom is -0.465 e. The van der Waals surface area contributed by atoms with Crippen molar-refractivity contribution in [2.24, 2.45) is 7.05 Å². The summed E-state index contributed by atoms with van der Waals surface area (Å²) >= 11 is 0. The minimum absolute atomic E-state index is 0.402. The molecule has 0 atom stereocenters. The van der Waals surface area contributed by atoms with Crippen molar-refractivity contribution >= 4 is 17.3 Å². The molecule has 6 heteroatoms. The number of aromatic nitrogens is 2. The number of esters is 1.